The molecule has 1 amide bonds. The van der Waals surface area contributed by atoms with E-state index in [1.54, 1.807) is 12.1 Å². The molecule has 10 heteroatoms. The van der Waals surface area contributed by atoms with Gasteiger partial charge in [-0.2, -0.15) is 0 Å². The van der Waals surface area contributed by atoms with Crippen molar-refractivity contribution in [1.29, 1.82) is 0 Å². The average Bonchev–Trinajstić information content (AvgIpc) is 3.11. The van der Waals surface area contributed by atoms with E-state index < -0.39 is 0 Å². The monoisotopic (exact) mass is 415 g/mol. The number of nitrogens with one attached hydrogen (secondary N) is 3. The van der Waals surface area contributed by atoms with Gasteiger partial charge >= 0.3 is 0 Å². The summed E-state index contributed by atoms with van der Waals surface area (Å²) in [6.07, 6.45) is 2.30. The van der Waals surface area contributed by atoms with Gasteiger partial charge in [0.15, 0.2) is 5.82 Å². The number of anilines is 2. The molecule has 0 atom stereocenters. The zero-order valence-corrected chi connectivity index (χ0v) is 17.8. The lowest BCUT2D eigenvalue weighted by atomic mass is 10.1. The number of aromatic nitrogens is 4. The zero-order valence-electron chi connectivity index (χ0n) is 17.8. The van der Waals surface area contributed by atoms with Crippen LogP contribution in [0.5, 0.6) is 5.75 Å². The Labute approximate surface area is 175 Å². The molecule has 162 valence electrons. The molecular weight excluding hydrogens is 386 g/mol. The van der Waals surface area contributed by atoms with Gasteiger partial charge in [-0.05, 0) is 31.7 Å². The van der Waals surface area contributed by atoms with E-state index in [9.17, 15) is 10.0 Å². The molecule has 3 rings (SSSR count). The molecule has 0 aliphatic heterocycles. The van der Waals surface area contributed by atoms with Crippen molar-refractivity contribution < 1.29 is 14.7 Å². The number of aryl methyl sites for hydroxylation is 1. The van der Waals surface area contributed by atoms with E-state index in [1.165, 1.54) is 7.11 Å². The quantitative estimate of drug-likeness (QED) is 0.294. The second-order valence-electron chi connectivity index (χ2n) is 7.60. The third-order valence-corrected chi connectivity index (χ3v) is 4.74. The summed E-state index contributed by atoms with van der Waals surface area (Å²) in [5.41, 5.74) is 4.63. The molecule has 0 radical (unpaired) electrons. The molecule has 0 fully saturated rings. The van der Waals surface area contributed by atoms with E-state index in [0.29, 0.717) is 59.7 Å². The highest BCUT2D eigenvalue weighted by Gasteiger charge is 2.15. The highest BCUT2D eigenvalue weighted by Crippen LogP contribution is 2.31. The van der Waals surface area contributed by atoms with Crippen molar-refractivity contribution >= 4 is 34.1 Å². The largest absolute Gasteiger partial charge is 0.494 e. The predicted octanol–water partition coefficient (Wildman–Crippen LogP) is 2.75. The number of ether oxygens (including phenoxy) is 1. The van der Waals surface area contributed by atoms with Crippen molar-refractivity contribution in [3.05, 3.63) is 18.0 Å². The summed E-state index contributed by atoms with van der Waals surface area (Å²) in [4.78, 5) is 16.4. The number of unbranched alkanes of at least 4 members (excludes halogenated alkanes) is 1. The minimum absolute atomic E-state index is 0.0977. The van der Waals surface area contributed by atoms with Crippen LogP contribution in [0.4, 0.5) is 11.5 Å². The van der Waals surface area contributed by atoms with Crippen molar-refractivity contribution in [1.82, 2.24) is 24.9 Å². The molecule has 1 aromatic carbocycles. The van der Waals surface area contributed by atoms with E-state index in [0.717, 1.165) is 18.4 Å². The smallest absolute Gasteiger partial charge is 0.220 e. The second kappa shape index (κ2) is 9.57. The number of carbonyl (C=O) groups excluding carboxylic acids is 1. The van der Waals surface area contributed by atoms with Crippen molar-refractivity contribution in [3.63, 3.8) is 0 Å². The lowest BCUT2D eigenvalue weighted by molar-refractivity contribution is -0.121. The van der Waals surface area contributed by atoms with Gasteiger partial charge in [0.25, 0.3) is 0 Å². The van der Waals surface area contributed by atoms with Gasteiger partial charge in [0, 0.05) is 25.6 Å². The molecule has 4 N–H and O–H groups in total. The highest BCUT2D eigenvalue weighted by molar-refractivity contribution is 5.88. The van der Waals surface area contributed by atoms with Gasteiger partial charge in [0.2, 0.25) is 11.6 Å². The first-order valence-corrected chi connectivity index (χ1v) is 10.1. The van der Waals surface area contributed by atoms with E-state index in [1.807, 2.05) is 25.2 Å². The van der Waals surface area contributed by atoms with Crippen LogP contribution in [0.15, 0.2) is 12.1 Å². The Kier molecular flexibility index (Phi) is 6.88. The molecule has 3 aromatic rings. The Morgan fingerprint density at radius 2 is 2.00 bits per heavy atom. The van der Waals surface area contributed by atoms with Crippen LogP contribution in [-0.2, 0) is 4.79 Å². The van der Waals surface area contributed by atoms with Gasteiger partial charge in [-0.3, -0.25) is 19.9 Å². The van der Waals surface area contributed by atoms with Crippen LogP contribution in [-0.4, -0.2) is 50.9 Å². The average molecular weight is 415 g/mol. The topological polar surface area (TPSA) is 126 Å². The number of hydrogen-bond donors (Lipinski definition) is 4. The van der Waals surface area contributed by atoms with E-state index in [4.69, 9.17) is 4.74 Å². The van der Waals surface area contributed by atoms with Crippen molar-refractivity contribution in [3.8, 4) is 5.75 Å². The molecule has 0 aliphatic carbocycles. The van der Waals surface area contributed by atoms with Gasteiger partial charge in [-0.15, -0.1) is 10.2 Å². The van der Waals surface area contributed by atoms with Crippen LogP contribution in [0.3, 0.4) is 0 Å². The number of rotatable bonds is 10. The van der Waals surface area contributed by atoms with Gasteiger partial charge in [-0.25, -0.2) is 4.98 Å². The van der Waals surface area contributed by atoms with E-state index in [-0.39, 0.29) is 5.91 Å². The maximum atomic E-state index is 11.7. The second-order valence-corrected chi connectivity index (χ2v) is 7.60. The number of benzene rings is 1. The Hall–Kier alpha value is -3.14. The van der Waals surface area contributed by atoms with Crippen molar-refractivity contribution in [2.24, 2.45) is 5.92 Å². The summed E-state index contributed by atoms with van der Waals surface area (Å²) in [5, 5.41) is 24.1. The van der Waals surface area contributed by atoms with Crippen LogP contribution >= 0.6 is 0 Å². The third kappa shape index (κ3) is 4.70. The van der Waals surface area contributed by atoms with E-state index in [2.05, 4.69) is 31.3 Å². The summed E-state index contributed by atoms with van der Waals surface area (Å²) >= 11 is 0. The summed E-state index contributed by atoms with van der Waals surface area (Å²) in [6.45, 7) is 7.27. The molecule has 0 aliphatic rings. The first-order valence-electron chi connectivity index (χ1n) is 10.1. The number of carbonyl (C=O) groups is 1. The maximum absolute atomic E-state index is 11.7. The normalized spacial score (nSPS) is 11.3. The molecule has 0 unspecified atom stereocenters. The number of nitrogens with zero attached hydrogens (tertiary/aromatic N) is 4. The van der Waals surface area contributed by atoms with Gasteiger partial charge in [0.05, 0.1) is 18.1 Å². The Balaban J connectivity index is 1.72. The van der Waals surface area contributed by atoms with Gasteiger partial charge < -0.3 is 15.4 Å². The minimum Gasteiger partial charge on any atom is -0.494 e. The Morgan fingerprint density at radius 3 is 2.70 bits per heavy atom. The zero-order chi connectivity index (χ0) is 21.7. The van der Waals surface area contributed by atoms with Crippen LogP contribution in [0.2, 0.25) is 0 Å². The lowest BCUT2D eigenvalue weighted by Crippen LogP contribution is -2.25. The molecule has 0 saturated carbocycles. The SMILES string of the molecule is COc1cc2nc(NCCCCNC(=O)CC(C)C)c3nnc(C)n3c2cc1NO. The summed E-state index contributed by atoms with van der Waals surface area (Å²) in [5.74, 6) is 2.27. The molecular formula is C20H29N7O3. The fourth-order valence-corrected chi connectivity index (χ4v) is 3.30. The van der Waals surface area contributed by atoms with Gasteiger partial charge in [0.1, 0.15) is 17.3 Å². The molecule has 2 aromatic heterocycles. The Bertz CT molecular complexity index is 1030. The number of fused-ring (bicyclic) bond motifs is 3. The maximum Gasteiger partial charge on any atom is 0.220 e. The molecule has 30 heavy (non-hydrogen) atoms. The lowest BCUT2D eigenvalue weighted by Gasteiger charge is -2.13. The summed E-state index contributed by atoms with van der Waals surface area (Å²) in [6, 6.07) is 3.50. The predicted molar refractivity (Wildman–Crippen MR) is 115 cm³/mol. The molecule has 2 heterocycles. The van der Waals surface area contributed by atoms with Crippen molar-refractivity contribution in [2.45, 2.75) is 40.0 Å². The summed E-state index contributed by atoms with van der Waals surface area (Å²) in [7, 11) is 1.53. The number of methoxy groups -OCH3 is 1. The standard InChI is InChI=1S/C20H29N7O3/c1-12(2)9-18(28)21-7-5-6-8-22-19-20-25-24-13(3)27(20)16-10-15(26-29)17(30-4)11-14(16)23-19/h10-12,26,29H,5-9H2,1-4H3,(H,21,28)(H,22,23). The van der Waals surface area contributed by atoms with Crippen LogP contribution in [0.25, 0.3) is 16.7 Å². The number of amides is 1. The van der Waals surface area contributed by atoms with Crippen LogP contribution < -0.4 is 20.9 Å². The van der Waals surface area contributed by atoms with Crippen molar-refractivity contribution in [2.75, 3.05) is 31.0 Å². The molecule has 0 bridgehead atoms. The Morgan fingerprint density at radius 1 is 1.23 bits per heavy atom. The van der Waals surface area contributed by atoms with Crippen LogP contribution in [0, 0.1) is 12.8 Å². The number of hydrogen-bond acceptors (Lipinski definition) is 8. The molecule has 0 saturated heterocycles. The fourth-order valence-electron chi connectivity index (χ4n) is 3.30. The minimum atomic E-state index is 0.0977. The first-order chi connectivity index (χ1) is 14.4. The van der Waals surface area contributed by atoms with E-state index >= 15 is 0 Å². The van der Waals surface area contributed by atoms with Gasteiger partial charge in [-0.1, -0.05) is 13.8 Å². The molecule has 0 spiro atoms. The highest BCUT2D eigenvalue weighted by atomic mass is 16.5. The fraction of sp³-hybridized carbons (Fsp3) is 0.500. The third-order valence-electron chi connectivity index (χ3n) is 4.74. The van der Waals surface area contributed by atoms with Crippen LogP contribution in [0.1, 0.15) is 38.9 Å². The summed E-state index contributed by atoms with van der Waals surface area (Å²) < 4.78 is 7.20. The molecule has 10 nitrogen and oxygen atoms in total. The first kappa shape index (κ1) is 21.6.